The van der Waals surface area contributed by atoms with Gasteiger partial charge in [-0.2, -0.15) is 0 Å². The Morgan fingerprint density at radius 2 is 1.50 bits per heavy atom. The predicted octanol–water partition coefficient (Wildman–Crippen LogP) is 5.39. The van der Waals surface area contributed by atoms with E-state index in [0.29, 0.717) is 23.4 Å². The smallest absolute Gasteiger partial charge is 0.258 e. The first-order chi connectivity index (χ1) is 14.6. The number of carbonyl (C=O) groups excluding carboxylic acids is 2. The fourth-order valence-corrected chi connectivity index (χ4v) is 2.90. The van der Waals surface area contributed by atoms with E-state index in [4.69, 9.17) is 4.74 Å². The van der Waals surface area contributed by atoms with Crippen molar-refractivity contribution in [2.45, 2.75) is 19.8 Å². The van der Waals surface area contributed by atoms with Gasteiger partial charge in [-0.05, 0) is 67.1 Å². The molecule has 3 aromatic rings. The Balaban J connectivity index is 1.60. The van der Waals surface area contributed by atoms with Gasteiger partial charge in [-0.25, -0.2) is 0 Å². The molecular formula is C25H26N2O3. The molecule has 0 saturated heterocycles. The van der Waals surface area contributed by atoms with Crippen molar-refractivity contribution >= 4 is 23.2 Å². The Labute approximate surface area is 177 Å². The van der Waals surface area contributed by atoms with Gasteiger partial charge in [0.1, 0.15) is 5.75 Å². The van der Waals surface area contributed by atoms with E-state index in [0.717, 1.165) is 24.3 Å². The average Bonchev–Trinajstić information content (AvgIpc) is 2.80. The van der Waals surface area contributed by atoms with Crippen LogP contribution in [0.15, 0.2) is 78.9 Å². The first-order valence-corrected chi connectivity index (χ1v) is 10.1. The second-order valence-corrected chi connectivity index (χ2v) is 6.96. The van der Waals surface area contributed by atoms with E-state index in [9.17, 15) is 9.59 Å². The van der Waals surface area contributed by atoms with Gasteiger partial charge in [-0.15, -0.1) is 0 Å². The predicted molar refractivity (Wildman–Crippen MR) is 120 cm³/mol. The lowest BCUT2D eigenvalue weighted by Crippen LogP contribution is -2.26. The number of ether oxygens (including phenoxy) is 1. The molecule has 0 aliphatic rings. The summed E-state index contributed by atoms with van der Waals surface area (Å²) in [7, 11) is 1.74. The number of hydrogen-bond donors (Lipinski definition) is 1. The van der Waals surface area contributed by atoms with Crippen molar-refractivity contribution in [3.05, 3.63) is 90.0 Å². The monoisotopic (exact) mass is 402 g/mol. The largest absolute Gasteiger partial charge is 0.494 e. The van der Waals surface area contributed by atoms with Crippen molar-refractivity contribution in [1.82, 2.24) is 0 Å². The number of hydrogen-bond acceptors (Lipinski definition) is 3. The molecule has 0 fully saturated rings. The molecule has 0 heterocycles. The number of rotatable bonds is 8. The summed E-state index contributed by atoms with van der Waals surface area (Å²) >= 11 is 0. The molecule has 0 bridgehead atoms. The standard InChI is InChI=1S/C25H26N2O3/c1-3-4-18-30-23-16-12-19(13-17-23)24(28)26-21-14-10-20(11-15-21)25(29)27(2)22-8-6-5-7-9-22/h5-17H,3-4,18H2,1-2H3,(H,26,28). The highest BCUT2D eigenvalue weighted by atomic mass is 16.5. The summed E-state index contributed by atoms with van der Waals surface area (Å²) in [4.78, 5) is 26.7. The van der Waals surface area contributed by atoms with Crippen LogP contribution in [0.5, 0.6) is 5.75 Å². The zero-order valence-electron chi connectivity index (χ0n) is 17.3. The maximum atomic E-state index is 12.7. The Kier molecular flexibility index (Phi) is 7.22. The molecule has 5 nitrogen and oxygen atoms in total. The maximum Gasteiger partial charge on any atom is 0.258 e. The van der Waals surface area contributed by atoms with Crippen molar-refractivity contribution in [2.75, 3.05) is 23.9 Å². The van der Waals surface area contributed by atoms with E-state index in [1.54, 1.807) is 60.5 Å². The number of nitrogens with one attached hydrogen (secondary N) is 1. The van der Waals surface area contributed by atoms with Gasteiger partial charge in [-0.1, -0.05) is 31.5 Å². The Morgan fingerprint density at radius 3 is 2.13 bits per heavy atom. The highest BCUT2D eigenvalue weighted by molar-refractivity contribution is 6.07. The molecule has 0 spiro atoms. The summed E-state index contributed by atoms with van der Waals surface area (Å²) in [5.74, 6) is 0.429. The number of carbonyl (C=O) groups is 2. The van der Waals surface area contributed by atoms with Gasteiger partial charge in [0.25, 0.3) is 11.8 Å². The third-order valence-corrected chi connectivity index (χ3v) is 4.72. The van der Waals surface area contributed by atoms with Crippen LogP contribution in [0.25, 0.3) is 0 Å². The van der Waals surface area contributed by atoms with Crippen LogP contribution in [0.1, 0.15) is 40.5 Å². The van der Waals surface area contributed by atoms with Crippen molar-refractivity contribution in [2.24, 2.45) is 0 Å². The zero-order chi connectivity index (χ0) is 21.3. The minimum Gasteiger partial charge on any atom is -0.494 e. The number of nitrogens with zero attached hydrogens (tertiary/aromatic N) is 1. The van der Waals surface area contributed by atoms with E-state index < -0.39 is 0 Å². The van der Waals surface area contributed by atoms with E-state index >= 15 is 0 Å². The quantitative estimate of drug-likeness (QED) is 0.514. The molecule has 3 aromatic carbocycles. The molecule has 0 aliphatic heterocycles. The van der Waals surface area contributed by atoms with E-state index in [2.05, 4.69) is 12.2 Å². The first kappa shape index (κ1) is 21.1. The van der Waals surface area contributed by atoms with Crippen molar-refractivity contribution in [3.8, 4) is 5.75 Å². The molecule has 0 aliphatic carbocycles. The van der Waals surface area contributed by atoms with E-state index in [-0.39, 0.29) is 11.8 Å². The summed E-state index contributed by atoms with van der Waals surface area (Å²) in [6.45, 7) is 2.79. The van der Waals surface area contributed by atoms with Gasteiger partial charge in [0.2, 0.25) is 0 Å². The molecule has 154 valence electrons. The van der Waals surface area contributed by atoms with Crippen LogP contribution in [0.2, 0.25) is 0 Å². The summed E-state index contributed by atoms with van der Waals surface area (Å²) in [5.41, 5.74) is 2.54. The molecule has 3 rings (SSSR count). The summed E-state index contributed by atoms with van der Waals surface area (Å²) in [5, 5.41) is 2.85. The summed E-state index contributed by atoms with van der Waals surface area (Å²) < 4.78 is 5.62. The van der Waals surface area contributed by atoms with Gasteiger partial charge >= 0.3 is 0 Å². The molecule has 0 aromatic heterocycles. The number of anilines is 2. The SMILES string of the molecule is CCCCOc1ccc(C(=O)Nc2ccc(C(=O)N(C)c3ccccc3)cc2)cc1. The molecule has 0 atom stereocenters. The normalized spacial score (nSPS) is 10.3. The van der Waals surface area contributed by atoms with Crippen LogP contribution in [-0.2, 0) is 0 Å². The minimum atomic E-state index is -0.212. The maximum absolute atomic E-state index is 12.7. The average molecular weight is 402 g/mol. The van der Waals surface area contributed by atoms with Gasteiger partial charge < -0.3 is 15.0 Å². The van der Waals surface area contributed by atoms with Gasteiger partial charge in [0.05, 0.1) is 6.61 Å². The lowest BCUT2D eigenvalue weighted by atomic mass is 10.1. The molecule has 1 N–H and O–H groups in total. The number of benzene rings is 3. The van der Waals surface area contributed by atoms with E-state index in [1.165, 1.54) is 0 Å². The molecule has 2 amide bonds. The van der Waals surface area contributed by atoms with Crippen LogP contribution in [0.3, 0.4) is 0 Å². The number of amides is 2. The molecule has 0 radical (unpaired) electrons. The fourth-order valence-electron chi connectivity index (χ4n) is 2.90. The third-order valence-electron chi connectivity index (χ3n) is 4.72. The second-order valence-electron chi connectivity index (χ2n) is 6.96. The molecule has 0 saturated carbocycles. The lowest BCUT2D eigenvalue weighted by Gasteiger charge is -2.17. The highest BCUT2D eigenvalue weighted by Gasteiger charge is 2.13. The van der Waals surface area contributed by atoms with Crippen LogP contribution in [0.4, 0.5) is 11.4 Å². The van der Waals surface area contributed by atoms with Gasteiger partial charge in [-0.3, -0.25) is 9.59 Å². The number of para-hydroxylation sites is 1. The Hall–Kier alpha value is -3.60. The van der Waals surface area contributed by atoms with Crippen LogP contribution >= 0.6 is 0 Å². The van der Waals surface area contributed by atoms with Crippen LogP contribution in [-0.4, -0.2) is 25.5 Å². The minimum absolute atomic E-state index is 0.113. The lowest BCUT2D eigenvalue weighted by molar-refractivity contribution is 0.0991. The fraction of sp³-hybridized carbons (Fsp3) is 0.200. The van der Waals surface area contributed by atoms with Crippen molar-refractivity contribution < 1.29 is 14.3 Å². The first-order valence-electron chi connectivity index (χ1n) is 10.1. The molecule has 0 unspecified atom stereocenters. The van der Waals surface area contributed by atoms with Crippen LogP contribution < -0.4 is 15.0 Å². The molecule has 5 heteroatoms. The molecule has 30 heavy (non-hydrogen) atoms. The molecular weight excluding hydrogens is 376 g/mol. The Bertz CT molecular complexity index is 968. The number of unbranched alkanes of at least 4 members (excludes halogenated alkanes) is 1. The topological polar surface area (TPSA) is 58.6 Å². The van der Waals surface area contributed by atoms with Crippen LogP contribution in [0, 0.1) is 0 Å². The van der Waals surface area contributed by atoms with Crippen molar-refractivity contribution in [3.63, 3.8) is 0 Å². The Morgan fingerprint density at radius 1 is 0.867 bits per heavy atom. The zero-order valence-corrected chi connectivity index (χ0v) is 17.3. The van der Waals surface area contributed by atoms with Crippen molar-refractivity contribution in [1.29, 1.82) is 0 Å². The highest BCUT2D eigenvalue weighted by Crippen LogP contribution is 2.18. The van der Waals surface area contributed by atoms with Gasteiger partial charge in [0.15, 0.2) is 0 Å². The second kappa shape index (κ2) is 10.3. The van der Waals surface area contributed by atoms with Gasteiger partial charge in [0, 0.05) is 29.5 Å². The third kappa shape index (κ3) is 5.47. The van der Waals surface area contributed by atoms with E-state index in [1.807, 2.05) is 30.3 Å². The summed E-state index contributed by atoms with van der Waals surface area (Å²) in [6, 6.07) is 23.4. The summed E-state index contributed by atoms with van der Waals surface area (Å²) in [6.07, 6.45) is 2.08.